The van der Waals surface area contributed by atoms with Crippen LogP contribution in [-0.2, 0) is 16.0 Å². The van der Waals surface area contributed by atoms with Crippen molar-refractivity contribution in [2.75, 3.05) is 18.5 Å². The number of hydrogen-bond donors (Lipinski definition) is 2. The molecule has 0 aliphatic heterocycles. The number of ether oxygens (including phenoxy) is 1. The topological polar surface area (TPSA) is 67.0 Å². The van der Waals surface area contributed by atoms with E-state index in [4.69, 9.17) is 0 Å². The molecule has 96 valence electrons. The second kappa shape index (κ2) is 5.67. The Hall–Kier alpha value is -1.57. The second-order valence-corrected chi connectivity index (χ2v) is 3.28. The molecule has 1 aromatic rings. The summed E-state index contributed by atoms with van der Waals surface area (Å²) in [6, 6.07) is 0. The zero-order valence-corrected chi connectivity index (χ0v) is 9.10. The smallest absolute Gasteiger partial charge is 0.362 e. The van der Waals surface area contributed by atoms with Gasteiger partial charge < -0.3 is 10.1 Å². The number of aromatic amines is 1. The number of nitrogens with zero attached hydrogens (tertiary/aromatic N) is 1. The van der Waals surface area contributed by atoms with Crippen molar-refractivity contribution in [3.8, 4) is 0 Å². The van der Waals surface area contributed by atoms with Crippen LogP contribution in [0, 0.1) is 0 Å². The number of carbonyl (C=O) groups is 1. The van der Waals surface area contributed by atoms with Crippen molar-refractivity contribution in [3.05, 3.63) is 11.8 Å². The standard InChI is InChI=1S/C9H12F3N3O2/c1-2-6-3-13-15-8(6)14-7(16)4-17-5-9(10,11)12/h3H,2,4-5H2,1H3,(H2,13,14,15,16). The van der Waals surface area contributed by atoms with Crippen molar-refractivity contribution in [2.24, 2.45) is 0 Å². The van der Waals surface area contributed by atoms with E-state index in [1.165, 1.54) is 6.20 Å². The number of rotatable bonds is 5. The molecule has 0 atom stereocenters. The molecule has 1 amide bonds. The lowest BCUT2D eigenvalue weighted by atomic mass is 10.2. The molecule has 0 aliphatic carbocycles. The van der Waals surface area contributed by atoms with Gasteiger partial charge in [-0.3, -0.25) is 9.89 Å². The zero-order valence-electron chi connectivity index (χ0n) is 9.10. The van der Waals surface area contributed by atoms with E-state index < -0.39 is 25.3 Å². The van der Waals surface area contributed by atoms with Crippen molar-refractivity contribution in [1.29, 1.82) is 0 Å². The third kappa shape index (κ3) is 4.85. The molecule has 17 heavy (non-hydrogen) atoms. The molecule has 1 heterocycles. The fourth-order valence-corrected chi connectivity index (χ4v) is 1.12. The quantitative estimate of drug-likeness (QED) is 0.833. The summed E-state index contributed by atoms with van der Waals surface area (Å²) < 4.78 is 39.4. The molecule has 5 nitrogen and oxygen atoms in total. The summed E-state index contributed by atoms with van der Waals surface area (Å²) in [5, 5.41) is 8.62. The first-order valence-corrected chi connectivity index (χ1v) is 4.89. The minimum absolute atomic E-state index is 0.383. The van der Waals surface area contributed by atoms with E-state index in [1.807, 2.05) is 6.92 Å². The SMILES string of the molecule is CCc1cn[nH]c1NC(=O)COCC(F)(F)F. The van der Waals surface area contributed by atoms with Crippen LogP contribution in [0.1, 0.15) is 12.5 Å². The zero-order chi connectivity index (χ0) is 12.9. The van der Waals surface area contributed by atoms with Crippen molar-refractivity contribution in [1.82, 2.24) is 10.2 Å². The maximum absolute atomic E-state index is 11.7. The summed E-state index contributed by atoms with van der Waals surface area (Å²) in [6.07, 6.45) is -2.25. The molecule has 2 N–H and O–H groups in total. The van der Waals surface area contributed by atoms with Crippen LogP contribution in [0.5, 0.6) is 0 Å². The van der Waals surface area contributed by atoms with Gasteiger partial charge >= 0.3 is 6.18 Å². The van der Waals surface area contributed by atoms with E-state index in [9.17, 15) is 18.0 Å². The molecule has 0 spiro atoms. The van der Waals surface area contributed by atoms with Crippen molar-refractivity contribution < 1.29 is 22.7 Å². The molecular weight excluding hydrogens is 239 g/mol. The van der Waals surface area contributed by atoms with Crippen LogP contribution in [0.15, 0.2) is 6.20 Å². The average molecular weight is 251 g/mol. The lowest BCUT2D eigenvalue weighted by Gasteiger charge is -2.08. The van der Waals surface area contributed by atoms with Gasteiger partial charge in [0.1, 0.15) is 19.0 Å². The number of anilines is 1. The largest absolute Gasteiger partial charge is 0.411 e. The highest BCUT2D eigenvalue weighted by Crippen LogP contribution is 2.14. The van der Waals surface area contributed by atoms with E-state index in [2.05, 4.69) is 20.3 Å². The van der Waals surface area contributed by atoms with Gasteiger partial charge in [0.15, 0.2) is 0 Å². The van der Waals surface area contributed by atoms with E-state index in [-0.39, 0.29) is 0 Å². The lowest BCUT2D eigenvalue weighted by Crippen LogP contribution is -2.24. The van der Waals surface area contributed by atoms with Crippen LogP contribution in [-0.4, -0.2) is 35.5 Å². The van der Waals surface area contributed by atoms with Gasteiger partial charge in [0, 0.05) is 5.56 Å². The Balaban J connectivity index is 2.35. The lowest BCUT2D eigenvalue weighted by molar-refractivity contribution is -0.174. The minimum atomic E-state index is -4.43. The van der Waals surface area contributed by atoms with Gasteiger partial charge in [-0.1, -0.05) is 6.92 Å². The molecule has 0 aromatic carbocycles. The summed E-state index contributed by atoms with van der Waals surface area (Å²) in [5.41, 5.74) is 0.772. The number of alkyl halides is 3. The number of nitrogens with one attached hydrogen (secondary N) is 2. The van der Waals surface area contributed by atoms with Crippen molar-refractivity contribution in [3.63, 3.8) is 0 Å². The Morgan fingerprint density at radius 3 is 2.88 bits per heavy atom. The highest BCUT2D eigenvalue weighted by atomic mass is 19.4. The van der Waals surface area contributed by atoms with E-state index in [1.54, 1.807) is 0 Å². The van der Waals surface area contributed by atoms with Gasteiger partial charge in [-0.25, -0.2) is 0 Å². The van der Waals surface area contributed by atoms with Gasteiger partial charge in [0.05, 0.1) is 6.20 Å². The van der Waals surface area contributed by atoms with Crippen LogP contribution in [0.25, 0.3) is 0 Å². The van der Waals surface area contributed by atoms with Crippen LogP contribution < -0.4 is 5.32 Å². The normalized spacial score (nSPS) is 11.5. The summed E-state index contributed by atoms with van der Waals surface area (Å²) in [4.78, 5) is 11.2. The molecule has 0 bridgehead atoms. The predicted octanol–water partition coefficient (Wildman–Crippen LogP) is 1.49. The van der Waals surface area contributed by atoms with E-state index in [0.717, 1.165) is 5.56 Å². The maximum atomic E-state index is 11.7. The Morgan fingerprint density at radius 1 is 1.59 bits per heavy atom. The second-order valence-electron chi connectivity index (χ2n) is 3.28. The Morgan fingerprint density at radius 2 is 2.29 bits per heavy atom. The van der Waals surface area contributed by atoms with Crippen LogP contribution >= 0.6 is 0 Å². The molecular formula is C9H12F3N3O2. The summed E-state index contributed by atoms with van der Waals surface area (Å²) in [7, 11) is 0. The number of H-pyrrole nitrogens is 1. The van der Waals surface area contributed by atoms with E-state index in [0.29, 0.717) is 12.2 Å². The molecule has 1 rings (SSSR count). The van der Waals surface area contributed by atoms with Crippen LogP contribution in [0.3, 0.4) is 0 Å². The highest BCUT2D eigenvalue weighted by molar-refractivity contribution is 5.91. The van der Waals surface area contributed by atoms with Gasteiger partial charge in [0.25, 0.3) is 5.91 Å². The number of aryl methyl sites for hydroxylation is 1. The third-order valence-electron chi connectivity index (χ3n) is 1.86. The molecule has 0 fully saturated rings. The van der Waals surface area contributed by atoms with Crippen LogP contribution in [0.4, 0.5) is 19.0 Å². The number of amides is 1. The first-order valence-electron chi connectivity index (χ1n) is 4.89. The third-order valence-corrected chi connectivity index (χ3v) is 1.86. The monoisotopic (exact) mass is 251 g/mol. The van der Waals surface area contributed by atoms with Gasteiger partial charge in [-0.2, -0.15) is 18.3 Å². The Kier molecular flexibility index (Phi) is 4.50. The summed E-state index contributed by atoms with van der Waals surface area (Å²) in [6.45, 7) is -0.230. The van der Waals surface area contributed by atoms with E-state index >= 15 is 0 Å². The number of aromatic nitrogens is 2. The van der Waals surface area contributed by atoms with Crippen LogP contribution in [0.2, 0.25) is 0 Å². The summed E-state index contributed by atoms with van der Waals surface area (Å²) >= 11 is 0. The molecule has 1 aromatic heterocycles. The minimum Gasteiger partial charge on any atom is -0.362 e. The van der Waals surface area contributed by atoms with Gasteiger partial charge in [0.2, 0.25) is 0 Å². The average Bonchev–Trinajstić information content (AvgIpc) is 2.63. The molecule has 8 heteroatoms. The maximum Gasteiger partial charge on any atom is 0.411 e. The number of hydrogen-bond acceptors (Lipinski definition) is 3. The highest BCUT2D eigenvalue weighted by Gasteiger charge is 2.27. The first kappa shape index (κ1) is 13.5. The molecule has 0 aliphatic rings. The van der Waals surface area contributed by atoms with Crippen molar-refractivity contribution in [2.45, 2.75) is 19.5 Å². The number of carbonyl (C=O) groups excluding carboxylic acids is 1. The molecule has 0 radical (unpaired) electrons. The Bertz CT molecular complexity index is 376. The van der Waals surface area contributed by atoms with Crippen molar-refractivity contribution >= 4 is 11.7 Å². The number of halogens is 3. The van der Waals surface area contributed by atoms with Gasteiger partial charge in [-0.15, -0.1) is 0 Å². The fourth-order valence-electron chi connectivity index (χ4n) is 1.12. The molecule has 0 unspecified atom stereocenters. The molecule has 0 saturated carbocycles. The molecule has 0 saturated heterocycles. The first-order chi connectivity index (χ1) is 7.92. The fraction of sp³-hybridized carbons (Fsp3) is 0.556. The van der Waals surface area contributed by atoms with Gasteiger partial charge in [-0.05, 0) is 6.42 Å². The summed E-state index contributed by atoms with van der Waals surface area (Å²) in [5.74, 6) is -0.277. The Labute approximate surface area is 95.3 Å². The predicted molar refractivity (Wildman–Crippen MR) is 53.5 cm³/mol.